The van der Waals surface area contributed by atoms with E-state index >= 15 is 0 Å². The summed E-state index contributed by atoms with van der Waals surface area (Å²) in [6.45, 7) is 0. The third-order valence-corrected chi connectivity index (χ3v) is 5.32. The van der Waals surface area contributed by atoms with Crippen LogP contribution in [0.5, 0.6) is 5.75 Å². The molecule has 0 radical (unpaired) electrons. The Labute approximate surface area is 190 Å². The predicted molar refractivity (Wildman–Crippen MR) is 126 cm³/mol. The number of benzene rings is 3. The van der Waals surface area contributed by atoms with Crippen molar-refractivity contribution >= 4 is 28.8 Å². The Balaban J connectivity index is 1.61. The standard InChI is InChI=1S/C26H20N4O3/c1-33-26(32)19-9-7-18(8-10-19)23-17-27-29-16-15-24(28-25(23)29)30(20-5-3-2-4-6-20)21-11-13-22(31)14-12-21/h2-17,31H,1H3. The van der Waals surface area contributed by atoms with Gasteiger partial charge in [-0.15, -0.1) is 0 Å². The first-order valence-corrected chi connectivity index (χ1v) is 10.3. The zero-order chi connectivity index (χ0) is 22.8. The van der Waals surface area contributed by atoms with Crippen molar-refractivity contribution in [1.82, 2.24) is 14.6 Å². The summed E-state index contributed by atoms with van der Waals surface area (Å²) >= 11 is 0. The lowest BCUT2D eigenvalue weighted by molar-refractivity contribution is 0.0600. The van der Waals surface area contributed by atoms with Crippen LogP contribution in [-0.4, -0.2) is 32.8 Å². The number of rotatable bonds is 5. The molecule has 0 saturated heterocycles. The van der Waals surface area contributed by atoms with Crippen molar-refractivity contribution in [2.24, 2.45) is 0 Å². The zero-order valence-electron chi connectivity index (χ0n) is 17.8. The highest BCUT2D eigenvalue weighted by Crippen LogP contribution is 2.35. The van der Waals surface area contributed by atoms with Crippen LogP contribution in [0.1, 0.15) is 10.4 Å². The average molecular weight is 436 g/mol. The molecule has 0 atom stereocenters. The third kappa shape index (κ3) is 3.87. The van der Waals surface area contributed by atoms with Crippen LogP contribution in [0.4, 0.5) is 17.2 Å². The minimum atomic E-state index is -0.380. The van der Waals surface area contributed by atoms with Crippen LogP contribution < -0.4 is 4.90 Å². The number of carbonyl (C=O) groups excluding carboxylic acids is 1. The molecule has 3 aromatic carbocycles. The van der Waals surface area contributed by atoms with Crippen molar-refractivity contribution in [3.63, 3.8) is 0 Å². The quantitative estimate of drug-likeness (QED) is 0.374. The first-order chi connectivity index (χ1) is 16.1. The van der Waals surface area contributed by atoms with Gasteiger partial charge in [-0.2, -0.15) is 5.10 Å². The van der Waals surface area contributed by atoms with Crippen LogP contribution >= 0.6 is 0 Å². The van der Waals surface area contributed by atoms with Gasteiger partial charge in [-0.1, -0.05) is 30.3 Å². The number of phenolic OH excluding ortho intramolecular Hbond substituents is 1. The first kappa shape index (κ1) is 20.3. The van der Waals surface area contributed by atoms with Crippen LogP contribution in [0.15, 0.2) is 97.3 Å². The SMILES string of the molecule is COC(=O)c1ccc(-c2cnn3ccc(N(c4ccccc4)c4ccc(O)cc4)nc23)cc1. The summed E-state index contributed by atoms with van der Waals surface area (Å²) in [5, 5.41) is 14.2. The molecule has 5 aromatic rings. The summed E-state index contributed by atoms with van der Waals surface area (Å²) < 4.78 is 6.50. The number of hydrogen-bond donors (Lipinski definition) is 1. The van der Waals surface area contributed by atoms with Gasteiger partial charge in [0.15, 0.2) is 5.65 Å². The molecular formula is C26H20N4O3. The largest absolute Gasteiger partial charge is 0.508 e. The Kier molecular flexibility index (Phi) is 5.20. The minimum absolute atomic E-state index is 0.198. The first-order valence-electron chi connectivity index (χ1n) is 10.3. The van der Waals surface area contributed by atoms with Crippen molar-refractivity contribution in [3.8, 4) is 16.9 Å². The Hall–Kier alpha value is -4.65. The second-order valence-corrected chi connectivity index (χ2v) is 7.37. The van der Waals surface area contributed by atoms with E-state index in [1.54, 1.807) is 35.0 Å². The summed E-state index contributed by atoms with van der Waals surface area (Å²) in [7, 11) is 1.36. The van der Waals surface area contributed by atoms with Gasteiger partial charge in [-0.3, -0.25) is 4.90 Å². The molecule has 2 aromatic heterocycles. The summed E-state index contributed by atoms with van der Waals surface area (Å²) in [6.07, 6.45) is 3.62. The number of nitrogens with zero attached hydrogens (tertiary/aromatic N) is 4. The van der Waals surface area contributed by atoms with Gasteiger partial charge in [0.1, 0.15) is 11.6 Å². The molecule has 162 valence electrons. The maximum Gasteiger partial charge on any atom is 0.337 e. The molecule has 0 aliphatic heterocycles. The Morgan fingerprint density at radius 2 is 1.61 bits per heavy atom. The second kappa shape index (κ2) is 8.47. The van der Waals surface area contributed by atoms with Gasteiger partial charge < -0.3 is 9.84 Å². The highest BCUT2D eigenvalue weighted by Gasteiger charge is 2.17. The molecule has 2 heterocycles. The molecule has 0 saturated carbocycles. The van der Waals surface area contributed by atoms with Crippen molar-refractivity contribution < 1.29 is 14.6 Å². The van der Waals surface area contributed by atoms with Gasteiger partial charge in [0, 0.05) is 23.1 Å². The van der Waals surface area contributed by atoms with Crippen molar-refractivity contribution in [2.75, 3.05) is 12.0 Å². The van der Waals surface area contributed by atoms with Gasteiger partial charge in [0.05, 0.1) is 18.9 Å². The van der Waals surface area contributed by atoms with Crippen molar-refractivity contribution in [3.05, 3.63) is 103 Å². The number of aromatic nitrogens is 3. The number of ether oxygens (including phenoxy) is 1. The van der Waals surface area contributed by atoms with Crippen LogP contribution in [0.25, 0.3) is 16.8 Å². The van der Waals surface area contributed by atoms with E-state index in [9.17, 15) is 9.90 Å². The Bertz CT molecular complexity index is 1410. The molecule has 0 aliphatic rings. The normalized spacial score (nSPS) is 10.8. The molecule has 33 heavy (non-hydrogen) atoms. The smallest absolute Gasteiger partial charge is 0.337 e. The molecule has 5 rings (SSSR count). The molecule has 7 heteroatoms. The number of para-hydroxylation sites is 1. The minimum Gasteiger partial charge on any atom is -0.508 e. The highest BCUT2D eigenvalue weighted by molar-refractivity contribution is 5.90. The second-order valence-electron chi connectivity index (χ2n) is 7.37. The molecule has 1 N–H and O–H groups in total. The van der Waals surface area contributed by atoms with Crippen molar-refractivity contribution in [2.45, 2.75) is 0 Å². The van der Waals surface area contributed by atoms with E-state index in [1.165, 1.54) is 7.11 Å². The average Bonchev–Trinajstić information content (AvgIpc) is 3.29. The van der Waals surface area contributed by atoms with Gasteiger partial charge in [0.25, 0.3) is 0 Å². The Morgan fingerprint density at radius 3 is 2.30 bits per heavy atom. The van der Waals surface area contributed by atoms with Crippen molar-refractivity contribution in [1.29, 1.82) is 0 Å². The number of carbonyl (C=O) groups is 1. The molecule has 0 spiro atoms. The van der Waals surface area contributed by atoms with Gasteiger partial charge in [-0.25, -0.2) is 14.3 Å². The van der Waals surface area contributed by atoms with Crippen LogP contribution in [0.3, 0.4) is 0 Å². The summed E-state index contributed by atoms with van der Waals surface area (Å²) in [6, 6.07) is 25.9. The van der Waals surface area contributed by atoms with Gasteiger partial charge >= 0.3 is 5.97 Å². The fourth-order valence-corrected chi connectivity index (χ4v) is 3.68. The third-order valence-electron chi connectivity index (χ3n) is 5.32. The predicted octanol–water partition coefficient (Wildman–Crippen LogP) is 5.36. The van der Waals surface area contributed by atoms with Gasteiger partial charge in [-0.05, 0) is 60.2 Å². The summed E-state index contributed by atoms with van der Waals surface area (Å²) in [4.78, 5) is 18.7. The lowest BCUT2D eigenvalue weighted by Crippen LogP contribution is -2.12. The number of aromatic hydroxyl groups is 1. The van der Waals surface area contributed by atoms with E-state index in [-0.39, 0.29) is 11.7 Å². The zero-order valence-corrected chi connectivity index (χ0v) is 17.8. The van der Waals surface area contributed by atoms with E-state index in [0.29, 0.717) is 17.0 Å². The highest BCUT2D eigenvalue weighted by atomic mass is 16.5. The Morgan fingerprint density at radius 1 is 0.909 bits per heavy atom. The maximum absolute atomic E-state index is 11.8. The lowest BCUT2D eigenvalue weighted by atomic mass is 10.1. The monoisotopic (exact) mass is 436 g/mol. The fourth-order valence-electron chi connectivity index (χ4n) is 3.68. The number of phenols is 1. The van der Waals surface area contributed by atoms with Crippen LogP contribution in [-0.2, 0) is 4.74 Å². The number of fused-ring (bicyclic) bond motifs is 1. The van der Waals surface area contributed by atoms with Crippen LogP contribution in [0.2, 0.25) is 0 Å². The molecule has 0 aliphatic carbocycles. The van der Waals surface area contributed by atoms with E-state index < -0.39 is 0 Å². The van der Waals surface area contributed by atoms with E-state index in [4.69, 9.17) is 9.72 Å². The molecule has 0 amide bonds. The molecule has 0 fully saturated rings. The number of anilines is 3. The van der Waals surface area contributed by atoms with Gasteiger partial charge in [0.2, 0.25) is 0 Å². The van der Waals surface area contributed by atoms with E-state index in [1.807, 2.05) is 71.8 Å². The molecule has 7 nitrogen and oxygen atoms in total. The molecule has 0 bridgehead atoms. The number of esters is 1. The topological polar surface area (TPSA) is 80.0 Å². The molecular weight excluding hydrogens is 416 g/mol. The molecule has 0 unspecified atom stereocenters. The lowest BCUT2D eigenvalue weighted by Gasteiger charge is -2.24. The fraction of sp³-hybridized carbons (Fsp3) is 0.0385. The number of methoxy groups -OCH3 is 1. The summed E-state index contributed by atoms with van der Waals surface area (Å²) in [5.74, 6) is 0.519. The summed E-state index contributed by atoms with van der Waals surface area (Å²) in [5.41, 5.74) is 4.68. The van der Waals surface area contributed by atoms with E-state index in [0.717, 1.165) is 22.5 Å². The maximum atomic E-state index is 11.8. The van der Waals surface area contributed by atoms with E-state index in [2.05, 4.69) is 5.10 Å². The number of hydrogen-bond acceptors (Lipinski definition) is 6. The van der Waals surface area contributed by atoms with Crippen LogP contribution in [0, 0.1) is 0 Å².